The van der Waals surface area contributed by atoms with Crippen LogP contribution >= 0.6 is 11.6 Å². The van der Waals surface area contributed by atoms with Gasteiger partial charge in [0.05, 0.1) is 17.5 Å². The minimum Gasteiger partial charge on any atom is -0.488 e. The molecule has 1 aliphatic rings. The van der Waals surface area contributed by atoms with E-state index in [0.29, 0.717) is 17.4 Å². The molecule has 3 aromatic rings. The molecule has 8 heteroatoms. The van der Waals surface area contributed by atoms with Crippen LogP contribution in [0.5, 0.6) is 5.75 Å². The lowest BCUT2D eigenvalue weighted by Crippen LogP contribution is -2.13. The van der Waals surface area contributed by atoms with Crippen LogP contribution in [-0.4, -0.2) is 25.7 Å². The number of aromatic carboxylic acids is 1. The van der Waals surface area contributed by atoms with Crippen molar-refractivity contribution in [2.45, 2.75) is 25.9 Å². The van der Waals surface area contributed by atoms with Crippen LogP contribution < -0.4 is 9.46 Å². The van der Waals surface area contributed by atoms with Gasteiger partial charge in [0.25, 0.3) is 0 Å². The molecule has 34 heavy (non-hydrogen) atoms. The lowest BCUT2D eigenvalue weighted by Gasteiger charge is -2.16. The predicted octanol–water partition coefficient (Wildman–Crippen LogP) is 6.08. The van der Waals surface area contributed by atoms with E-state index in [-0.39, 0.29) is 11.3 Å². The number of ether oxygens (including phenoxy) is 1. The molecule has 3 aromatic carbocycles. The number of hydrogen-bond donors (Lipinski definition) is 2. The molecule has 4 rings (SSSR count). The number of carbonyl (C=O) groups is 1. The van der Waals surface area contributed by atoms with Gasteiger partial charge in [-0.1, -0.05) is 48.0 Å². The zero-order chi connectivity index (χ0) is 24.3. The summed E-state index contributed by atoms with van der Waals surface area (Å²) in [6.07, 6.45) is 3.45. The predicted molar refractivity (Wildman–Crippen MR) is 135 cm³/mol. The number of nitrogens with one attached hydrogen (secondary N) is 1. The molecular formula is C26H24ClNO5S. The second kappa shape index (κ2) is 9.91. The van der Waals surface area contributed by atoms with Gasteiger partial charge in [-0.25, -0.2) is 13.2 Å². The van der Waals surface area contributed by atoms with Crippen molar-refractivity contribution in [2.75, 3.05) is 11.0 Å². The third-order valence-corrected chi connectivity index (χ3v) is 6.44. The van der Waals surface area contributed by atoms with Gasteiger partial charge in [0.15, 0.2) is 0 Å². The monoisotopic (exact) mass is 497 g/mol. The molecule has 0 spiro atoms. The van der Waals surface area contributed by atoms with Gasteiger partial charge in [0, 0.05) is 10.6 Å². The zero-order valence-corrected chi connectivity index (χ0v) is 20.1. The Labute approximate surface area is 203 Å². The summed E-state index contributed by atoms with van der Waals surface area (Å²) in [6.45, 7) is 0.410. The topological polar surface area (TPSA) is 92.7 Å². The van der Waals surface area contributed by atoms with Crippen molar-refractivity contribution in [3.8, 4) is 5.75 Å². The van der Waals surface area contributed by atoms with Crippen LogP contribution in [0, 0.1) is 0 Å². The summed E-state index contributed by atoms with van der Waals surface area (Å²) in [6, 6.07) is 20.1. The van der Waals surface area contributed by atoms with Crippen LogP contribution in [0.2, 0.25) is 5.02 Å². The van der Waals surface area contributed by atoms with E-state index in [2.05, 4.69) is 4.72 Å². The molecule has 2 N–H and O–H groups in total. The highest BCUT2D eigenvalue weighted by molar-refractivity contribution is 7.92. The maximum Gasteiger partial charge on any atom is 0.337 e. The van der Waals surface area contributed by atoms with Gasteiger partial charge >= 0.3 is 5.97 Å². The molecule has 0 fully saturated rings. The van der Waals surface area contributed by atoms with Crippen molar-refractivity contribution in [1.82, 2.24) is 0 Å². The third kappa shape index (κ3) is 5.61. The van der Waals surface area contributed by atoms with Crippen LogP contribution in [0.3, 0.4) is 0 Å². The Morgan fingerprint density at radius 1 is 1.03 bits per heavy atom. The lowest BCUT2D eigenvalue weighted by atomic mass is 9.95. The molecule has 0 bridgehead atoms. The molecule has 0 amide bonds. The number of rotatable bonds is 8. The average molecular weight is 498 g/mol. The highest BCUT2D eigenvalue weighted by atomic mass is 35.5. The zero-order valence-electron chi connectivity index (χ0n) is 18.5. The Hall–Kier alpha value is -3.29. The van der Waals surface area contributed by atoms with E-state index in [0.717, 1.165) is 53.4 Å². The molecule has 0 heterocycles. The van der Waals surface area contributed by atoms with E-state index in [1.807, 2.05) is 42.5 Å². The quantitative estimate of drug-likeness (QED) is 0.393. The number of halogens is 1. The first-order valence-electron chi connectivity index (χ1n) is 10.8. The van der Waals surface area contributed by atoms with Crippen molar-refractivity contribution in [3.63, 3.8) is 0 Å². The smallest absolute Gasteiger partial charge is 0.337 e. The molecule has 0 atom stereocenters. The van der Waals surface area contributed by atoms with E-state index in [1.165, 1.54) is 12.1 Å². The van der Waals surface area contributed by atoms with Crippen LogP contribution in [0.1, 0.15) is 46.3 Å². The van der Waals surface area contributed by atoms with Crippen molar-refractivity contribution >= 4 is 44.4 Å². The summed E-state index contributed by atoms with van der Waals surface area (Å²) in [7, 11) is -3.62. The Morgan fingerprint density at radius 2 is 1.76 bits per heavy atom. The van der Waals surface area contributed by atoms with E-state index >= 15 is 0 Å². The molecule has 0 saturated heterocycles. The number of hydrogen-bond acceptors (Lipinski definition) is 4. The minimum atomic E-state index is -3.62. The number of carboxylic acid groups (broad SMARTS) is 1. The minimum absolute atomic E-state index is 0.0357. The molecule has 0 aromatic heterocycles. The molecule has 0 radical (unpaired) electrons. The Bertz CT molecular complexity index is 1370. The van der Waals surface area contributed by atoms with Gasteiger partial charge in [-0.15, -0.1) is 0 Å². The molecule has 176 valence electrons. The summed E-state index contributed by atoms with van der Waals surface area (Å²) in [4.78, 5) is 11.9. The Morgan fingerprint density at radius 3 is 2.47 bits per heavy atom. The largest absolute Gasteiger partial charge is 0.488 e. The molecular weight excluding hydrogens is 474 g/mol. The van der Waals surface area contributed by atoms with E-state index in [1.54, 1.807) is 12.1 Å². The normalized spacial score (nSPS) is 13.7. The Kier molecular flexibility index (Phi) is 6.95. The number of sulfonamides is 1. The first kappa shape index (κ1) is 23.9. The van der Waals surface area contributed by atoms with Gasteiger partial charge in [0.1, 0.15) is 12.4 Å². The first-order chi connectivity index (χ1) is 16.2. The molecule has 6 nitrogen and oxygen atoms in total. The fourth-order valence-corrected chi connectivity index (χ4v) is 4.91. The molecule has 1 aliphatic carbocycles. The highest BCUT2D eigenvalue weighted by Gasteiger charge is 2.23. The number of anilines is 1. The fourth-order valence-electron chi connectivity index (χ4n) is 4.16. The lowest BCUT2D eigenvalue weighted by molar-refractivity contribution is 0.0698. The fraction of sp³-hybridized carbons (Fsp3) is 0.192. The molecule has 0 aliphatic heterocycles. The van der Waals surface area contributed by atoms with Crippen molar-refractivity contribution in [1.29, 1.82) is 0 Å². The summed E-state index contributed by atoms with van der Waals surface area (Å²) in [5, 5.41) is 10.3. The van der Waals surface area contributed by atoms with E-state index in [9.17, 15) is 18.3 Å². The Balaban J connectivity index is 1.74. The first-order valence-corrected chi connectivity index (χ1v) is 13.0. The van der Waals surface area contributed by atoms with Crippen molar-refractivity contribution < 1.29 is 23.1 Å². The number of benzene rings is 3. The summed E-state index contributed by atoms with van der Waals surface area (Å²) in [5.41, 5.74) is 4.64. The summed E-state index contributed by atoms with van der Waals surface area (Å²) < 4.78 is 31.7. The van der Waals surface area contributed by atoms with Crippen LogP contribution in [0.4, 0.5) is 5.69 Å². The number of carboxylic acids is 1. The second-order valence-electron chi connectivity index (χ2n) is 8.17. The van der Waals surface area contributed by atoms with E-state index in [4.69, 9.17) is 16.3 Å². The van der Waals surface area contributed by atoms with Gasteiger partial charge < -0.3 is 9.84 Å². The summed E-state index contributed by atoms with van der Waals surface area (Å²) >= 11 is 6.33. The van der Waals surface area contributed by atoms with Crippen LogP contribution in [-0.2, 0) is 16.6 Å². The van der Waals surface area contributed by atoms with Crippen molar-refractivity contribution in [2.24, 2.45) is 0 Å². The SMILES string of the molecule is CS(=O)(=O)Nc1ccc(C2=C(c3cc(Cl)ccc3OCc3ccccc3)CCC2)cc1C(=O)O. The molecule has 0 unspecified atom stereocenters. The van der Waals surface area contributed by atoms with Gasteiger partial charge in [0.2, 0.25) is 10.0 Å². The third-order valence-electron chi connectivity index (χ3n) is 5.62. The van der Waals surface area contributed by atoms with E-state index < -0.39 is 16.0 Å². The average Bonchev–Trinajstić information content (AvgIpc) is 3.28. The maximum absolute atomic E-state index is 11.9. The van der Waals surface area contributed by atoms with Gasteiger partial charge in [-0.05, 0) is 71.9 Å². The standard InChI is InChI=1S/C26H24ClNO5S/c1-34(31,32)28-24-12-10-18(14-23(24)26(29)30)20-8-5-9-21(20)22-15-19(27)11-13-25(22)33-16-17-6-3-2-4-7-17/h2-4,6-7,10-15,28H,5,8-9,16H2,1H3,(H,29,30). The molecule has 0 saturated carbocycles. The van der Waals surface area contributed by atoms with Crippen LogP contribution in [0.25, 0.3) is 11.1 Å². The maximum atomic E-state index is 11.9. The van der Waals surface area contributed by atoms with Gasteiger partial charge in [-0.3, -0.25) is 4.72 Å². The van der Waals surface area contributed by atoms with Crippen LogP contribution in [0.15, 0.2) is 66.7 Å². The highest BCUT2D eigenvalue weighted by Crippen LogP contribution is 2.44. The summed E-state index contributed by atoms with van der Waals surface area (Å²) in [5.74, 6) is -0.501. The van der Waals surface area contributed by atoms with Crippen molar-refractivity contribution in [3.05, 3.63) is 94.0 Å². The second-order valence-corrected chi connectivity index (χ2v) is 10.4. The number of allylic oxidation sites excluding steroid dienone is 2. The van der Waals surface area contributed by atoms with Gasteiger partial charge in [-0.2, -0.15) is 0 Å².